The van der Waals surface area contributed by atoms with E-state index in [-0.39, 0.29) is 23.8 Å². The van der Waals surface area contributed by atoms with E-state index in [1.54, 1.807) is 7.05 Å². The average Bonchev–Trinajstić information content (AvgIpc) is 2.72. The van der Waals surface area contributed by atoms with E-state index in [0.29, 0.717) is 18.0 Å². The molecule has 0 heterocycles. The first-order valence-corrected chi connectivity index (χ1v) is 9.08. The molecule has 0 spiro atoms. The van der Waals surface area contributed by atoms with Crippen molar-refractivity contribution in [3.8, 4) is 17.2 Å². The molecule has 7 heteroatoms. The van der Waals surface area contributed by atoms with Crippen LogP contribution in [0.3, 0.4) is 0 Å². The van der Waals surface area contributed by atoms with Crippen molar-refractivity contribution in [3.63, 3.8) is 0 Å². The van der Waals surface area contributed by atoms with Gasteiger partial charge in [-0.1, -0.05) is 23.8 Å². The fraction of sp³-hybridized carbons (Fsp3) is 0.364. The third-order valence-electron chi connectivity index (χ3n) is 4.58. The summed E-state index contributed by atoms with van der Waals surface area (Å²) >= 11 is 0. The van der Waals surface area contributed by atoms with Crippen LogP contribution in [-0.4, -0.2) is 51.8 Å². The molecule has 29 heavy (non-hydrogen) atoms. The third kappa shape index (κ3) is 5.40. The topological polar surface area (TPSA) is 74.3 Å². The first-order chi connectivity index (χ1) is 13.8. The zero-order valence-electron chi connectivity index (χ0n) is 17.7. The zero-order chi connectivity index (χ0) is 21.6. The Labute approximate surface area is 171 Å². The number of hydrogen-bond donors (Lipinski definition) is 0. The summed E-state index contributed by atoms with van der Waals surface area (Å²) in [7, 11) is 6.05. The van der Waals surface area contributed by atoms with Crippen molar-refractivity contribution in [2.45, 2.75) is 20.4 Å². The Bertz CT molecular complexity index is 893. The van der Waals surface area contributed by atoms with Gasteiger partial charge in [-0.2, -0.15) is 0 Å². The quantitative estimate of drug-likeness (QED) is 0.633. The van der Waals surface area contributed by atoms with Gasteiger partial charge in [-0.05, 0) is 25.0 Å². The van der Waals surface area contributed by atoms with Gasteiger partial charge in [0.15, 0.2) is 18.1 Å². The largest absolute Gasteiger partial charge is 0.496 e. The number of likely N-dealkylation sites (N-methyl/N-ethyl adjacent to an activating group) is 1. The molecule has 0 saturated heterocycles. The van der Waals surface area contributed by atoms with Gasteiger partial charge in [0.25, 0.3) is 5.91 Å². The lowest BCUT2D eigenvalue weighted by Crippen LogP contribution is -2.31. The van der Waals surface area contributed by atoms with E-state index in [2.05, 4.69) is 6.07 Å². The predicted molar refractivity (Wildman–Crippen MR) is 109 cm³/mol. The van der Waals surface area contributed by atoms with Crippen LogP contribution in [-0.2, 0) is 16.1 Å². The second-order valence-corrected chi connectivity index (χ2v) is 6.66. The maximum absolute atomic E-state index is 12.5. The molecule has 0 aliphatic carbocycles. The molecule has 0 fully saturated rings. The average molecular weight is 401 g/mol. The van der Waals surface area contributed by atoms with Crippen molar-refractivity contribution in [2.24, 2.45) is 0 Å². The number of ether oxygens (including phenoxy) is 4. The summed E-state index contributed by atoms with van der Waals surface area (Å²) in [6, 6.07) is 9.06. The van der Waals surface area contributed by atoms with Crippen LogP contribution in [0.2, 0.25) is 0 Å². The first kappa shape index (κ1) is 22.1. The molecule has 1 amide bonds. The highest BCUT2D eigenvalue weighted by Crippen LogP contribution is 2.34. The summed E-state index contributed by atoms with van der Waals surface area (Å²) in [6.07, 6.45) is 0. The van der Waals surface area contributed by atoms with E-state index >= 15 is 0 Å². The molecule has 0 N–H and O–H groups in total. The summed E-state index contributed by atoms with van der Waals surface area (Å²) in [6.45, 7) is 4.08. The van der Waals surface area contributed by atoms with E-state index in [1.807, 2.05) is 26.0 Å². The number of amides is 1. The van der Waals surface area contributed by atoms with Gasteiger partial charge < -0.3 is 23.8 Å². The molecule has 0 bridgehead atoms. The molecule has 0 saturated carbocycles. The number of benzene rings is 2. The van der Waals surface area contributed by atoms with Crippen molar-refractivity contribution in [3.05, 3.63) is 52.6 Å². The smallest absolute Gasteiger partial charge is 0.342 e. The number of hydrogen-bond acceptors (Lipinski definition) is 6. The molecule has 156 valence electrons. The maximum atomic E-state index is 12.5. The van der Waals surface area contributed by atoms with E-state index in [1.165, 1.54) is 38.4 Å². The molecule has 0 atom stereocenters. The third-order valence-corrected chi connectivity index (χ3v) is 4.58. The van der Waals surface area contributed by atoms with Crippen LogP contribution in [0.4, 0.5) is 0 Å². The van der Waals surface area contributed by atoms with Gasteiger partial charge >= 0.3 is 5.97 Å². The number of aryl methyl sites for hydroxylation is 2. The van der Waals surface area contributed by atoms with Gasteiger partial charge in [-0.3, -0.25) is 4.79 Å². The molecule has 2 aromatic rings. The second kappa shape index (κ2) is 9.82. The lowest BCUT2D eigenvalue weighted by molar-refractivity contribution is -0.133. The van der Waals surface area contributed by atoms with E-state index in [0.717, 1.165) is 16.7 Å². The minimum Gasteiger partial charge on any atom is -0.496 e. The summed E-state index contributed by atoms with van der Waals surface area (Å²) in [5.41, 5.74) is 3.46. The van der Waals surface area contributed by atoms with Crippen LogP contribution >= 0.6 is 0 Å². The molecular formula is C22H27NO6. The van der Waals surface area contributed by atoms with Crippen LogP contribution in [0.25, 0.3) is 0 Å². The Balaban J connectivity index is 2.05. The highest BCUT2D eigenvalue weighted by Gasteiger charge is 2.21. The van der Waals surface area contributed by atoms with Crippen LogP contribution in [0, 0.1) is 13.8 Å². The van der Waals surface area contributed by atoms with Gasteiger partial charge in [-0.15, -0.1) is 0 Å². The molecule has 0 aliphatic heterocycles. The molecule has 0 unspecified atom stereocenters. The number of carbonyl (C=O) groups is 2. The van der Waals surface area contributed by atoms with E-state index in [9.17, 15) is 9.59 Å². The summed E-state index contributed by atoms with van der Waals surface area (Å²) in [5.74, 6) is 0.0567. The lowest BCUT2D eigenvalue weighted by atomic mass is 10.1. The second-order valence-electron chi connectivity index (χ2n) is 6.66. The van der Waals surface area contributed by atoms with Gasteiger partial charge in [-0.25, -0.2) is 4.79 Å². The monoisotopic (exact) mass is 401 g/mol. The summed E-state index contributed by atoms with van der Waals surface area (Å²) in [5, 5.41) is 0. The van der Waals surface area contributed by atoms with Gasteiger partial charge in [0.2, 0.25) is 0 Å². The zero-order valence-corrected chi connectivity index (χ0v) is 17.7. The summed E-state index contributed by atoms with van der Waals surface area (Å²) < 4.78 is 20.9. The van der Waals surface area contributed by atoms with Crippen molar-refractivity contribution in [1.29, 1.82) is 0 Å². The number of rotatable bonds is 8. The number of carbonyl (C=O) groups excluding carboxylic acids is 2. The standard InChI is InChI=1S/C22H27NO6/c1-14-7-8-16(15(2)9-14)12-23(3)21(24)13-29-22(25)17-10-19(27-5)20(28-6)11-18(17)26-4/h7-11H,12-13H2,1-6H3. The Hall–Kier alpha value is -3.22. The molecule has 2 aromatic carbocycles. The number of esters is 1. The fourth-order valence-electron chi connectivity index (χ4n) is 2.87. The normalized spacial score (nSPS) is 10.3. The summed E-state index contributed by atoms with van der Waals surface area (Å²) in [4.78, 5) is 26.4. The molecule has 0 aliphatic rings. The number of methoxy groups -OCH3 is 3. The van der Waals surface area contributed by atoms with Crippen molar-refractivity contribution < 1.29 is 28.5 Å². The Morgan fingerprint density at radius 3 is 2.10 bits per heavy atom. The van der Waals surface area contributed by atoms with Crippen LogP contribution < -0.4 is 14.2 Å². The van der Waals surface area contributed by atoms with Gasteiger partial charge in [0.05, 0.1) is 21.3 Å². The molecule has 2 rings (SSSR count). The van der Waals surface area contributed by atoms with Gasteiger partial charge in [0, 0.05) is 25.7 Å². The predicted octanol–water partition coefficient (Wildman–Crippen LogP) is 3.14. The minimum absolute atomic E-state index is 0.148. The Kier molecular flexibility index (Phi) is 7.47. The van der Waals surface area contributed by atoms with Crippen LogP contribution in [0.1, 0.15) is 27.0 Å². The van der Waals surface area contributed by atoms with Crippen LogP contribution in [0.5, 0.6) is 17.2 Å². The Morgan fingerprint density at radius 1 is 0.897 bits per heavy atom. The minimum atomic E-state index is -0.684. The van der Waals surface area contributed by atoms with Crippen molar-refractivity contribution >= 4 is 11.9 Å². The van der Waals surface area contributed by atoms with Crippen molar-refractivity contribution in [2.75, 3.05) is 35.0 Å². The lowest BCUT2D eigenvalue weighted by Gasteiger charge is -2.19. The molecule has 7 nitrogen and oxygen atoms in total. The maximum Gasteiger partial charge on any atom is 0.342 e. The van der Waals surface area contributed by atoms with Gasteiger partial charge in [0.1, 0.15) is 11.3 Å². The molecule has 0 radical (unpaired) electrons. The Morgan fingerprint density at radius 2 is 1.52 bits per heavy atom. The van der Waals surface area contributed by atoms with E-state index < -0.39 is 5.97 Å². The fourth-order valence-corrected chi connectivity index (χ4v) is 2.87. The highest BCUT2D eigenvalue weighted by atomic mass is 16.5. The first-order valence-electron chi connectivity index (χ1n) is 9.08. The molecular weight excluding hydrogens is 374 g/mol. The number of nitrogens with zero attached hydrogens (tertiary/aromatic N) is 1. The highest BCUT2D eigenvalue weighted by molar-refractivity contribution is 5.95. The van der Waals surface area contributed by atoms with Crippen molar-refractivity contribution in [1.82, 2.24) is 4.90 Å². The van der Waals surface area contributed by atoms with E-state index in [4.69, 9.17) is 18.9 Å². The molecule has 0 aromatic heterocycles. The SMILES string of the molecule is COc1cc(OC)c(C(=O)OCC(=O)N(C)Cc2ccc(C)cc2C)cc1OC. The van der Waals surface area contributed by atoms with Crippen LogP contribution in [0.15, 0.2) is 30.3 Å².